The van der Waals surface area contributed by atoms with Crippen LogP contribution in [-0.4, -0.2) is 60.0 Å². The van der Waals surface area contributed by atoms with E-state index in [-0.39, 0.29) is 12.2 Å². The molecule has 2 N–H and O–H groups in total. The van der Waals surface area contributed by atoms with Crippen LogP contribution in [0.5, 0.6) is 0 Å². The van der Waals surface area contributed by atoms with Crippen LogP contribution in [0.15, 0.2) is 23.4 Å². The second-order valence-corrected chi connectivity index (χ2v) is 4.76. The van der Waals surface area contributed by atoms with E-state index in [0.717, 1.165) is 0 Å². The Morgan fingerprint density at radius 1 is 1.53 bits per heavy atom. The van der Waals surface area contributed by atoms with Gasteiger partial charge < -0.3 is 19.7 Å². The molecule has 0 aliphatic rings. The van der Waals surface area contributed by atoms with E-state index in [1.165, 1.54) is 30.1 Å². The lowest BCUT2D eigenvalue weighted by atomic mass is 10.3. The summed E-state index contributed by atoms with van der Waals surface area (Å²) < 4.78 is 9.99. The van der Waals surface area contributed by atoms with Gasteiger partial charge in [-0.05, 0) is 12.1 Å². The molecule has 7 heteroatoms. The number of carboxylic acid groups (broad SMARTS) is 1. The van der Waals surface area contributed by atoms with Crippen molar-refractivity contribution < 1.29 is 24.5 Å². The van der Waals surface area contributed by atoms with Gasteiger partial charge in [-0.15, -0.1) is 11.8 Å². The molecule has 0 radical (unpaired) electrons. The molecular formula is C12H17NO5S. The van der Waals surface area contributed by atoms with Crippen LogP contribution in [-0.2, 0) is 9.47 Å². The number of aliphatic hydroxyl groups is 1. The molecule has 1 rings (SSSR count). The van der Waals surface area contributed by atoms with Gasteiger partial charge in [0.2, 0.25) is 0 Å². The molecule has 0 amide bonds. The molecule has 1 aromatic rings. The molecule has 1 unspecified atom stereocenters. The molecule has 1 heterocycles. The van der Waals surface area contributed by atoms with Crippen molar-refractivity contribution in [1.29, 1.82) is 0 Å². The summed E-state index contributed by atoms with van der Waals surface area (Å²) in [5.74, 6) is -0.601. The molecule has 1 atom stereocenters. The lowest BCUT2D eigenvalue weighted by Crippen LogP contribution is -2.19. The highest BCUT2D eigenvalue weighted by molar-refractivity contribution is 7.99. The van der Waals surface area contributed by atoms with Crippen LogP contribution in [0.3, 0.4) is 0 Å². The fourth-order valence-electron chi connectivity index (χ4n) is 1.21. The van der Waals surface area contributed by atoms with E-state index in [1.807, 2.05) is 0 Å². The Morgan fingerprint density at radius 2 is 2.32 bits per heavy atom. The maximum absolute atomic E-state index is 10.8. The third-order valence-corrected chi connectivity index (χ3v) is 3.22. The molecule has 0 saturated heterocycles. The molecule has 0 bridgehead atoms. The number of thioether (sulfide) groups is 1. The highest BCUT2D eigenvalue weighted by Gasteiger charge is 2.08. The standard InChI is InChI=1S/C12H17NO5S/c1-17-4-5-18-7-10(14)8-19-11-6-9(12(15)16)2-3-13-11/h2-3,6,10,14H,4-5,7-8H2,1H3,(H,15,16). The monoisotopic (exact) mass is 287 g/mol. The second-order valence-electron chi connectivity index (χ2n) is 3.72. The number of methoxy groups -OCH3 is 1. The van der Waals surface area contributed by atoms with Gasteiger partial charge >= 0.3 is 5.97 Å². The Kier molecular flexibility index (Phi) is 7.42. The third-order valence-electron chi connectivity index (χ3n) is 2.15. The normalized spacial score (nSPS) is 12.3. The fourth-order valence-corrected chi connectivity index (χ4v) is 2.02. The molecule has 0 fully saturated rings. The molecule has 0 aliphatic heterocycles. The number of carbonyl (C=O) groups is 1. The smallest absolute Gasteiger partial charge is 0.335 e. The zero-order valence-corrected chi connectivity index (χ0v) is 11.4. The van der Waals surface area contributed by atoms with Crippen LogP contribution in [0.25, 0.3) is 0 Å². The largest absolute Gasteiger partial charge is 0.478 e. The average molecular weight is 287 g/mol. The van der Waals surface area contributed by atoms with Crippen LogP contribution in [0.2, 0.25) is 0 Å². The van der Waals surface area contributed by atoms with Gasteiger partial charge in [0, 0.05) is 19.1 Å². The molecule has 0 aliphatic carbocycles. The summed E-state index contributed by atoms with van der Waals surface area (Å²) in [6.07, 6.45) is 0.810. The molecule has 0 spiro atoms. The Balaban J connectivity index is 2.31. The number of rotatable bonds is 9. The first-order valence-corrected chi connectivity index (χ1v) is 6.69. The van der Waals surface area contributed by atoms with Gasteiger partial charge in [0.15, 0.2) is 0 Å². The summed E-state index contributed by atoms with van der Waals surface area (Å²) in [5.41, 5.74) is 0.184. The van der Waals surface area contributed by atoms with E-state index in [1.54, 1.807) is 7.11 Å². The molecule has 1 aromatic heterocycles. The van der Waals surface area contributed by atoms with Gasteiger partial charge in [-0.2, -0.15) is 0 Å². The Labute approximate surface area is 115 Å². The van der Waals surface area contributed by atoms with Crippen molar-refractivity contribution in [3.8, 4) is 0 Å². The molecule has 106 valence electrons. The number of ether oxygens (including phenoxy) is 2. The van der Waals surface area contributed by atoms with Gasteiger partial charge in [0.25, 0.3) is 0 Å². The number of hydrogen-bond acceptors (Lipinski definition) is 6. The van der Waals surface area contributed by atoms with Gasteiger partial charge in [0.05, 0.1) is 36.5 Å². The van der Waals surface area contributed by atoms with Crippen molar-refractivity contribution in [3.05, 3.63) is 23.9 Å². The van der Waals surface area contributed by atoms with Crippen LogP contribution in [0.4, 0.5) is 0 Å². The average Bonchev–Trinajstić information content (AvgIpc) is 2.41. The van der Waals surface area contributed by atoms with Crippen LogP contribution >= 0.6 is 11.8 Å². The van der Waals surface area contributed by atoms with E-state index in [4.69, 9.17) is 14.6 Å². The number of hydrogen-bond donors (Lipinski definition) is 2. The zero-order chi connectivity index (χ0) is 14.1. The lowest BCUT2D eigenvalue weighted by Gasteiger charge is -2.10. The first-order chi connectivity index (χ1) is 9.13. The third kappa shape index (κ3) is 6.53. The number of carboxylic acids is 1. The molecule has 0 saturated carbocycles. The minimum Gasteiger partial charge on any atom is -0.478 e. The quantitative estimate of drug-likeness (QED) is 0.515. The van der Waals surface area contributed by atoms with Gasteiger partial charge in [-0.25, -0.2) is 9.78 Å². The predicted molar refractivity (Wildman–Crippen MR) is 70.6 cm³/mol. The maximum Gasteiger partial charge on any atom is 0.335 e. The van der Waals surface area contributed by atoms with Crippen LogP contribution in [0, 0.1) is 0 Å². The Morgan fingerprint density at radius 3 is 3.00 bits per heavy atom. The van der Waals surface area contributed by atoms with E-state index in [0.29, 0.717) is 24.0 Å². The first kappa shape index (κ1) is 15.9. The topological polar surface area (TPSA) is 88.9 Å². The number of aromatic nitrogens is 1. The minimum absolute atomic E-state index is 0.184. The van der Waals surface area contributed by atoms with Gasteiger partial charge in [-0.1, -0.05) is 0 Å². The predicted octanol–water partition coefficient (Wildman–Crippen LogP) is 0.896. The number of aromatic carboxylic acids is 1. The first-order valence-electron chi connectivity index (χ1n) is 5.70. The van der Waals surface area contributed by atoms with E-state index >= 15 is 0 Å². The summed E-state index contributed by atoms with van der Waals surface area (Å²) in [6.45, 7) is 1.14. The summed E-state index contributed by atoms with van der Waals surface area (Å²) in [6, 6.07) is 2.90. The maximum atomic E-state index is 10.8. The van der Waals surface area contributed by atoms with Gasteiger partial charge in [-0.3, -0.25) is 0 Å². The van der Waals surface area contributed by atoms with Crippen molar-refractivity contribution >= 4 is 17.7 Å². The highest BCUT2D eigenvalue weighted by atomic mass is 32.2. The van der Waals surface area contributed by atoms with E-state index < -0.39 is 12.1 Å². The molecule has 6 nitrogen and oxygen atoms in total. The SMILES string of the molecule is COCCOCC(O)CSc1cc(C(=O)O)ccn1. The number of nitrogens with zero attached hydrogens (tertiary/aromatic N) is 1. The molecule has 19 heavy (non-hydrogen) atoms. The lowest BCUT2D eigenvalue weighted by molar-refractivity contribution is 0.0218. The number of pyridine rings is 1. The zero-order valence-electron chi connectivity index (χ0n) is 10.6. The van der Waals surface area contributed by atoms with Crippen LogP contribution in [0.1, 0.15) is 10.4 Å². The minimum atomic E-state index is -0.993. The van der Waals surface area contributed by atoms with Crippen molar-refractivity contribution in [2.45, 2.75) is 11.1 Å². The van der Waals surface area contributed by atoms with Crippen LogP contribution < -0.4 is 0 Å². The highest BCUT2D eigenvalue weighted by Crippen LogP contribution is 2.17. The Hall–Kier alpha value is -1.15. The van der Waals surface area contributed by atoms with E-state index in [9.17, 15) is 9.90 Å². The Bertz CT molecular complexity index is 401. The van der Waals surface area contributed by atoms with Crippen molar-refractivity contribution in [3.63, 3.8) is 0 Å². The molecule has 0 aromatic carbocycles. The van der Waals surface area contributed by atoms with Crippen molar-refractivity contribution in [2.24, 2.45) is 0 Å². The summed E-state index contributed by atoms with van der Waals surface area (Å²) >= 11 is 1.29. The van der Waals surface area contributed by atoms with E-state index in [2.05, 4.69) is 4.98 Å². The number of aliphatic hydroxyl groups excluding tert-OH is 1. The van der Waals surface area contributed by atoms with Gasteiger partial charge in [0.1, 0.15) is 0 Å². The fraction of sp³-hybridized carbons (Fsp3) is 0.500. The van der Waals surface area contributed by atoms with Crippen molar-refractivity contribution in [1.82, 2.24) is 4.98 Å². The second kappa shape index (κ2) is 8.87. The molecular weight excluding hydrogens is 270 g/mol. The summed E-state index contributed by atoms with van der Waals surface area (Å²) in [5, 5.41) is 19.1. The summed E-state index contributed by atoms with van der Waals surface area (Å²) in [4.78, 5) is 14.8. The summed E-state index contributed by atoms with van der Waals surface area (Å²) in [7, 11) is 1.58. The van der Waals surface area contributed by atoms with Crippen molar-refractivity contribution in [2.75, 3.05) is 32.7 Å².